The standard InChI is InChI=1S/C22H25N3O4/c1-15(26)24-22(18-6-2-3-9-23-18)17-5-4-10-25(13-17)21(27)12-16-7-8-19-20(11-16)29-14-28-19/h2-3,6-9,11,17,22H,4-5,10,12-14H2,1H3,(H,24,26). The van der Waals surface area contributed by atoms with Crippen molar-refractivity contribution in [1.29, 1.82) is 0 Å². The highest BCUT2D eigenvalue weighted by Crippen LogP contribution is 2.33. The Kier molecular flexibility index (Phi) is 5.64. The molecule has 0 bridgehead atoms. The summed E-state index contributed by atoms with van der Waals surface area (Å²) in [6.45, 7) is 3.07. The number of piperidine rings is 1. The molecule has 1 fully saturated rings. The number of benzene rings is 1. The molecule has 2 amide bonds. The van der Waals surface area contributed by atoms with Crippen molar-refractivity contribution in [2.75, 3.05) is 19.9 Å². The van der Waals surface area contributed by atoms with Crippen LogP contribution in [0.5, 0.6) is 11.5 Å². The Balaban J connectivity index is 1.45. The number of nitrogens with zero attached hydrogens (tertiary/aromatic N) is 2. The smallest absolute Gasteiger partial charge is 0.231 e. The molecule has 4 rings (SSSR count). The first-order valence-electron chi connectivity index (χ1n) is 9.94. The molecular weight excluding hydrogens is 370 g/mol. The summed E-state index contributed by atoms with van der Waals surface area (Å²) in [6, 6.07) is 11.1. The van der Waals surface area contributed by atoms with Crippen molar-refractivity contribution in [3.8, 4) is 11.5 Å². The van der Waals surface area contributed by atoms with Gasteiger partial charge in [-0.15, -0.1) is 0 Å². The maximum Gasteiger partial charge on any atom is 0.231 e. The summed E-state index contributed by atoms with van der Waals surface area (Å²) in [5, 5.41) is 3.03. The lowest BCUT2D eigenvalue weighted by atomic mass is 9.88. The van der Waals surface area contributed by atoms with Gasteiger partial charge >= 0.3 is 0 Å². The Hall–Kier alpha value is -3.09. The van der Waals surface area contributed by atoms with E-state index >= 15 is 0 Å². The third-order valence-corrected chi connectivity index (χ3v) is 5.44. The van der Waals surface area contributed by atoms with Gasteiger partial charge in [-0.25, -0.2) is 0 Å². The van der Waals surface area contributed by atoms with Crippen molar-refractivity contribution in [3.05, 3.63) is 53.9 Å². The van der Waals surface area contributed by atoms with Gasteiger partial charge in [-0.05, 0) is 42.7 Å². The molecule has 2 atom stereocenters. The molecule has 3 heterocycles. The largest absolute Gasteiger partial charge is 0.454 e. The van der Waals surface area contributed by atoms with Crippen LogP contribution in [0.15, 0.2) is 42.6 Å². The van der Waals surface area contributed by atoms with E-state index in [1.165, 1.54) is 6.92 Å². The van der Waals surface area contributed by atoms with E-state index in [-0.39, 0.29) is 30.6 Å². The second kappa shape index (κ2) is 8.51. The number of fused-ring (bicyclic) bond motifs is 1. The number of aromatic nitrogens is 1. The van der Waals surface area contributed by atoms with Crippen molar-refractivity contribution in [2.45, 2.75) is 32.2 Å². The normalized spacial score (nSPS) is 18.9. The molecule has 2 aromatic rings. The van der Waals surface area contributed by atoms with Gasteiger partial charge in [0.25, 0.3) is 0 Å². The van der Waals surface area contributed by atoms with E-state index in [0.717, 1.165) is 30.6 Å². The first-order chi connectivity index (χ1) is 14.1. The van der Waals surface area contributed by atoms with Crippen molar-refractivity contribution in [1.82, 2.24) is 15.2 Å². The zero-order chi connectivity index (χ0) is 20.2. The lowest BCUT2D eigenvalue weighted by molar-refractivity contribution is -0.132. The van der Waals surface area contributed by atoms with E-state index in [2.05, 4.69) is 10.3 Å². The van der Waals surface area contributed by atoms with Crippen molar-refractivity contribution < 1.29 is 19.1 Å². The minimum absolute atomic E-state index is 0.0798. The third-order valence-electron chi connectivity index (χ3n) is 5.44. The van der Waals surface area contributed by atoms with Crippen LogP contribution in [-0.4, -0.2) is 41.6 Å². The van der Waals surface area contributed by atoms with Crippen molar-refractivity contribution in [3.63, 3.8) is 0 Å². The zero-order valence-electron chi connectivity index (χ0n) is 16.5. The SMILES string of the molecule is CC(=O)NC(c1ccccn1)C1CCCN(C(=O)Cc2ccc3c(c2)OCO3)C1. The molecule has 7 heteroatoms. The van der Waals surface area contributed by atoms with Gasteiger partial charge in [-0.3, -0.25) is 14.6 Å². The van der Waals surface area contributed by atoms with Gasteiger partial charge in [0.15, 0.2) is 11.5 Å². The summed E-state index contributed by atoms with van der Waals surface area (Å²) in [5.41, 5.74) is 1.74. The number of pyridine rings is 1. The van der Waals surface area contributed by atoms with Crippen LogP contribution in [0.1, 0.15) is 37.1 Å². The first-order valence-corrected chi connectivity index (χ1v) is 9.94. The summed E-state index contributed by atoms with van der Waals surface area (Å²) in [7, 11) is 0. The second-order valence-electron chi connectivity index (χ2n) is 7.54. The van der Waals surface area contributed by atoms with Crippen LogP contribution < -0.4 is 14.8 Å². The summed E-state index contributed by atoms with van der Waals surface area (Å²) in [4.78, 5) is 31.1. The van der Waals surface area contributed by atoms with Crippen LogP contribution in [0, 0.1) is 5.92 Å². The maximum absolute atomic E-state index is 12.9. The molecule has 1 aromatic heterocycles. The summed E-state index contributed by atoms with van der Waals surface area (Å²) >= 11 is 0. The van der Waals surface area contributed by atoms with E-state index in [0.29, 0.717) is 24.5 Å². The molecule has 2 unspecified atom stereocenters. The van der Waals surface area contributed by atoms with Crippen LogP contribution in [0.3, 0.4) is 0 Å². The molecule has 2 aliphatic rings. The number of hydrogen-bond acceptors (Lipinski definition) is 5. The van der Waals surface area contributed by atoms with E-state index in [4.69, 9.17) is 9.47 Å². The van der Waals surface area contributed by atoms with Crippen molar-refractivity contribution >= 4 is 11.8 Å². The lowest BCUT2D eigenvalue weighted by Crippen LogP contribution is -2.45. The number of ether oxygens (including phenoxy) is 2. The average molecular weight is 395 g/mol. The monoisotopic (exact) mass is 395 g/mol. The van der Waals surface area contributed by atoms with Crippen LogP contribution in [0.25, 0.3) is 0 Å². The fourth-order valence-corrected chi connectivity index (χ4v) is 4.06. The number of likely N-dealkylation sites (tertiary alicyclic amines) is 1. The minimum atomic E-state index is -0.199. The molecule has 0 radical (unpaired) electrons. The number of carbonyl (C=O) groups excluding carboxylic acids is 2. The van der Waals surface area contributed by atoms with Gasteiger partial charge in [0.05, 0.1) is 18.2 Å². The summed E-state index contributed by atoms with van der Waals surface area (Å²) in [6.07, 6.45) is 3.89. The molecule has 7 nitrogen and oxygen atoms in total. The summed E-state index contributed by atoms with van der Waals surface area (Å²) in [5.74, 6) is 1.52. The third kappa shape index (κ3) is 4.50. The molecule has 1 aromatic carbocycles. The molecule has 0 spiro atoms. The van der Waals surface area contributed by atoms with E-state index in [1.807, 2.05) is 41.3 Å². The predicted molar refractivity (Wildman–Crippen MR) is 106 cm³/mol. The highest BCUT2D eigenvalue weighted by molar-refractivity contribution is 5.79. The zero-order valence-corrected chi connectivity index (χ0v) is 16.5. The Bertz CT molecular complexity index is 887. The van der Waals surface area contributed by atoms with E-state index < -0.39 is 0 Å². The van der Waals surface area contributed by atoms with Crippen LogP contribution in [-0.2, 0) is 16.0 Å². The Morgan fingerprint density at radius 2 is 2.10 bits per heavy atom. The minimum Gasteiger partial charge on any atom is -0.454 e. The Morgan fingerprint density at radius 3 is 2.90 bits per heavy atom. The van der Waals surface area contributed by atoms with Gasteiger partial charge in [0.2, 0.25) is 18.6 Å². The molecular formula is C22H25N3O4. The number of hydrogen-bond donors (Lipinski definition) is 1. The first kappa shape index (κ1) is 19.2. The highest BCUT2D eigenvalue weighted by atomic mass is 16.7. The second-order valence-corrected chi connectivity index (χ2v) is 7.54. The molecule has 1 N–H and O–H groups in total. The van der Waals surface area contributed by atoms with Gasteiger partial charge in [-0.1, -0.05) is 12.1 Å². The molecule has 1 saturated heterocycles. The predicted octanol–water partition coefficient (Wildman–Crippen LogP) is 2.47. The fourth-order valence-electron chi connectivity index (χ4n) is 4.06. The average Bonchev–Trinajstić information content (AvgIpc) is 3.20. The van der Waals surface area contributed by atoms with Gasteiger partial charge in [0, 0.05) is 32.1 Å². The van der Waals surface area contributed by atoms with Gasteiger partial charge < -0.3 is 19.7 Å². The highest BCUT2D eigenvalue weighted by Gasteiger charge is 2.31. The molecule has 29 heavy (non-hydrogen) atoms. The number of carbonyl (C=O) groups is 2. The topological polar surface area (TPSA) is 80.8 Å². The fraction of sp³-hybridized carbons (Fsp3) is 0.409. The van der Waals surface area contributed by atoms with E-state index in [9.17, 15) is 9.59 Å². The number of rotatable bonds is 5. The maximum atomic E-state index is 12.9. The van der Waals surface area contributed by atoms with Gasteiger partial charge in [0.1, 0.15) is 0 Å². The van der Waals surface area contributed by atoms with Crippen molar-refractivity contribution in [2.24, 2.45) is 5.92 Å². The molecule has 152 valence electrons. The lowest BCUT2D eigenvalue weighted by Gasteiger charge is -2.37. The Labute approximate surface area is 170 Å². The van der Waals surface area contributed by atoms with Crippen LogP contribution in [0.2, 0.25) is 0 Å². The molecule has 0 aliphatic carbocycles. The number of amides is 2. The quantitative estimate of drug-likeness (QED) is 0.841. The van der Waals surface area contributed by atoms with Gasteiger partial charge in [-0.2, -0.15) is 0 Å². The van der Waals surface area contributed by atoms with Crippen LogP contribution in [0.4, 0.5) is 0 Å². The summed E-state index contributed by atoms with van der Waals surface area (Å²) < 4.78 is 10.7. The van der Waals surface area contributed by atoms with E-state index in [1.54, 1.807) is 6.20 Å². The Morgan fingerprint density at radius 1 is 1.24 bits per heavy atom. The number of nitrogens with one attached hydrogen (secondary N) is 1. The molecule has 2 aliphatic heterocycles. The van der Waals surface area contributed by atoms with Crippen LogP contribution >= 0.6 is 0 Å². The molecule has 0 saturated carbocycles.